The number of para-hydroxylation sites is 2. The highest BCUT2D eigenvalue weighted by Crippen LogP contribution is 2.40. The Balaban J connectivity index is 2.40. The third kappa shape index (κ3) is 1.29. The van der Waals surface area contributed by atoms with Crippen LogP contribution in [0.2, 0.25) is 0 Å². The second kappa shape index (κ2) is 3.63. The van der Waals surface area contributed by atoms with Gasteiger partial charge in [0, 0.05) is 10.2 Å². The standard InChI is InChI=1S/C12H14IN2S/c1-12(7-13)8-16-11-14(2)9-5-3-4-6-10(9)15(11)12/h3-6H,7-8H2,1-2H3/q+1/t12-/m0/s1. The van der Waals surface area contributed by atoms with Gasteiger partial charge >= 0.3 is 5.16 Å². The summed E-state index contributed by atoms with van der Waals surface area (Å²) < 4.78 is 5.99. The molecule has 0 saturated carbocycles. The molecule has 0 N–H and O–H groups in total. The van der Waals surface area contributed by atoms with E-state index in [4.69, 9.17) is 0 Å². The van der Waals surface area contributed by atoms with E-state index in [0.29, 0.717) is 0 Å². The van der Waals surface area contributed by atoms with Crippen LogP contribution in [0.5, 0.6) is 0 Å². The number of hydrogen-bond acceptors (Lipinski definition) is 1. The van der Waals surface area contributed by atoms with Crippen molar-refractivity contribution >= 4 is 45.4 Å². The summed E-state index contributed by atoms with van der Waals surface area (Å²) in [7, 11) is 2.17. The molecular weight excluding hydrogens is 331 g/mol. The van der Waals surface area contributed by atoms with Crippen LogP contribution in [0.3, 0.4) is 0 Å². The van der Waals surface area contributed by atoms with Gasteiger partial charge in [-0.25, -0.2) is 9.13 Å². The Kier molecular flexibility index (Phi) is 2.47. The summed E-state index contributed by atoms with van der Waals surface area (Å²) in [6.45, 7) is 2.36. The van der Waals surface area contributed by atoms with Crippen molar-refractivity contribution in [2.24, 2.45) is 7.05 Å². The van der Waals surface area contributed by atoms with E-state index in [1.165, 1.54) is 21.9 Å². The maximum atomic E-state index is 2.51. The van der Waals surface area contributed by atoms with Crippen molar-refractivity contribution in [3.05, 3.63) is 24.3 Å². The molecule has 2 heterocycles. The molecular formula is C12H14IN2S+. The van der Waals surface area contributed by atoms with Crippen molar-refractivity contribution in [2.75, 3.05) is 10.2 Å². The molecule has 0 spiro atoms. The van der Waals surface area contributed by atoms with Gasteiger partial charge in [-0.2, -0.15) is 0 Å². The van der Waals surface area contributed by atoms with Crippen LogP contribution in [0.1, 0.15) is 6.92 Å². The lowest BCUT2D eigenvalue weighted by Gasteiger charge is -2.17. The molecule has 84 valence electrons. The fourth-order valence-electron chi connectivity index (χ4n) is 2.36. The summed E-state index contributed by atoms with van der Waals surface area (Å²) in [5.74, 6) is 1.18. The average Bonchev–Trinajstić information content (AvgIpc) is 2.80. The van der Waals surface area contributed by atoms with Gasteiger partial charge < -0.3 is 0 Å². The predicted molar refractivity (Wildman–Crippen MR) is 76.4 cm³/mol. The molecule has 1 aromatic carbocycles. The van der Waals surface area contributed by atoms with E-state index in [0.717, 1.165) is 4.43 Å². The molecule has 1 aliphatic rings. The molecule has 1 aromatic heterocycles. The number of aromatic nitrogens is 2. The minimum absolute atomic E-state index is 0.265. The first-order valence-corrected chi connectivity index (χ1v) is 7.87. The predicted octanol–water partition coefficient (Wildman–Crippen LogP) is 2.72. The Morgan fingerprint density at radius 1 is 1.50 bits per heavy atom. The van der Waals surface area contributed by atoms with E-state index >= 15 is 0 Å². The number of aryl methyl sites for hydroxylation is 1. The number of halogens is 1. The molecule has 0 aliphatic carbocycles. The second-order valence-electron chi connectivity index (χ2n) is 4.58. The van der Waals surface area contributed by atoms with Gasteiger partial charge in [-0.15, -0.1) is 0 Å². The Morgan fingerprint density at radius 2 is 2.25 bits per heavy atom. The fourth-order valence-corrected chi connectivity index (χ4v) is 4.75. The molecule has 0 radical (unpaired) electrons. The minimum atomic E-state index is 0.265. The van der Waals surface area contributed by atoms with Crippen molar-refractivity contribution in [1.82, 2.24) is 4.57 Å². The van der Waals surface area contributed by atoms with Crippen LogP contribution in [-0.2, 0) is 12.6 Å². The third-order valence-corrected chi connectivity index (χ3v) is 6.43. The topological polar surface area (TPSA) is 8.81 Å². The number of benzene rings is 1. The lowest BCUT2D eigenvalue weighted by atomic mass is 10.1. The minimum Gasteiger partial charge on any atom is -0.220 e. The SMILES string of the molecule is C[n+]1c2n(c3ccccc31)[C@@](C)(CI)CS2. The number of fused-ring (bicyclic) bond motifs is 3. The zero-order valence-corrected chi connectivity index (χ0v) is 12.4. The van der Waals surface area contributed by atoms with Crippen LogP contribution < -0.4 is 4.57 Å². The summed E-state index contributed by atoms with van der Waals surface area (Å²) in [6.07, 6.45) is 0. The van der Waals surface area contributed by atoms with Crippen molar-refractivity contribution < 1.29 is 4.57 Å². The molecule has 3 rings (SSSR count). The van der Waals surface area contributed by atoms with Crippen LogP contribution >= 0.6 is 34.4 Å². The largest absolute Gasteiger partial charge is 0.319 e. The Labute approximate surface area is 113 Å². The van der Waals surface area contributed by atoms with Crippen molar-refractivity contribution in [3.8, 4) is 0 Å². The first kappa shape index (κ1) is 10.9. The molecule has 2 nitrogen and oxygen atoms in total. The normalized spacial score (nSPS) is 23.9. The van der Waals surface area contributed by atoms with Crippen LogP contribution in [0.4, 0.5) is 0 Å². The maximum Gasteiger partial charge on any atom is 0.319 e. The first-order valence-electron chi connectivity index (χ1n) is 5.36. The van der Waals surface area contributed by atoms with Gasteiger partial charge in [0.15, 0.2) is 11.0 Å². The highest BCUT2D eigenvalue weighted by molar-refractivity contribution is 14.1. The monoisotopic (exact) mass is 345 g/mol. The molecule has 0 fully saturated rings. The van der Waals surface area contributed by atoms with Crippen LogP contribution in [0.15, 0.2) is 29.4 Å². The second-order valence-corrected chi connectivity index (χ2v) is 6.29. The number of imidazole rings is 1. The van der Waals surface area contributed by atoms with Crippen molar-refractivity contribution in [2.45, 2.75) is 17.6 Å². The summed E-state index contributed by atoms with van der Waals surface area (Å²) in [5.41, 5.74) is 2.96. The smallest absolute Gasteiger partial charge is 0.220 e. The van der Waals surface area contributed by atoms with E-state index in [1.807, 2.05) is 11.8 Å². The van der Waals surface area contributed by atoms with Gasteiger partial charge in [0.1, 0.15) is 5.54 Å². The van der Waals surface area contributed by atoms with Crippen molar-refractivity contribution in [1.29, 1.82) is 0 Å². The summed E-state index contributed by atoms with van der Waals surface area (Å²) in [5, 5.41) is 1.39. The highest BCUT2D eigenvalue weighted by atomic mass is 127. The summed E-state index contributed by atoms with van der Waals surface area (Å²) in [4.78, 5) is 0. The summed E-state index contributed by atoms with van der Waals surface area (Å²) in [6, 6.07) is 8.68. The van der Waals surface area contributed by atoms with E-state index in [-0.39, 0.29) is 5.54 Å². The Bertz CT molecular complexity index is 563. The zero-order chi connectivity index (χ0) is 11.3. The highest BCUT2D eigenvalue weighted by Gasteiger charge is 2.44. The lowest BCUT2D eigenvalue weighted by Crippen LogP contribution is -2.32. The molecule has 0 bridgehead atoms. The van der Waals surface area contributed by atoms with E-state index in [9.17, 15) is 0 Å². The Hall–Kier alpha value is -0.230. The molecule has 0 unspecified atom stereocenters. The lowest BCUT2D eigenvalue weighted by molar-refractivity contribution is -0.685. The average molecular weight is 345 g/mol. The molecule has 1 aliphatic heterocycles. The Morgan fingerprint density at radius 3 is 3.00 bits per heavy atom. The van der Waals surface area contributed by atoms with E-state index < -0.39 is 0 Å². The van der Waals surface area contributed by atoms with Gasteiger partial charge in [-0.3, -0.25) is 0 Å². The maximum absolute atomic E-state index is 2.51. The number of nitrogens with zero attached hydrogens (tertiary/aromatic N) is 2. The van der Waals surface area contributed by atoms with Gasteiger partial charge in [0.25, 0.3) is 0 Å². The number of hydrogen-bond donors (Lipinski definition) is 0. The number of thioether (sulfide) groups is 1. The molecule has 0 saturated heterocycles. The number of alkyl halides is 1. The van der Waals surface area contributed by atoms with Crippen LogP contribution in [0.25, 0.3) is 11.0 Å². The van der Waals surface area contributed by atoms with Crippen LogP contribution in [0, 0.1) is 0 Å². The fraction of sp³-hybridized carbons (Fsp3) is 0.417. The van der Waals surface area contributed by atoms with E-state index in [2.05, 4.69) is 70.0 Å². The van der Waals surface area contributed by atoms with E-state index in [1.54, 1.807) is 0 Å². The zero-order valence-electron chi connectivity index (χ0n) is 9.40. The molecule has 1 atom stereocenters. The molecule has 2 aromatic rings. The van der Waals surface area contributed by atoms with Gasteiger partial charge in [0.2, 0.25) is 0 Å². The first-order chi connectivity index (χ1) is 7.67. The van der Waals surface area contributed by atoms with Crippen LogP contribution in [-0.4, -0.2) is 14.7 Å². The number of rotatable bonds is 1. The summed E-state index contributed by atoms with van der Waals surface area (Å²) >= 11 is 4.47. The van der Waals surface area contributed by atoms with Gasteiger partial charge in [0.05, 0.1) is 7.05 Å². The molecule has 4 heteroatoms. The van der Waals surface area contributed by atoms with Gasteiger partial charge in [-0.05, 0) is 30.8 Å². The third-order valence-electron chi connectivity index (χ3n) is 3.30. The quantitative estimate of drug-likeness (QED) is 0.439. The molecule has 16 heavy (non-hydrogen) atoms. The van der Waals surface area contributed by atoms with Crippen molar-refractivity contribution in [3.63, 3.8) is 0 Å². The molecule has 0 amide bonds. The van der Waals surface area contributed by atoms with Gasteiger partial charge in [-0.1, -0.05) is 34.7 Å².